The number of methoxy groups -OCH3 is 1. The third kappa shape index (κ3) is 2.70. The molecule has 2 heterocycles. The van der Waals surface area contributed by atoms with Gasteiger partial charge in [0, 0.05) is 11.1 Å². The molecule has 0 radical (unpaired) electrons. The zero-order chi connectivity index (χ0) is 24.5. The maximum Gasteiger partial charge on any atom is 0.241 e. The number of benzene rings is 3. The zero-order valence-electron chi connectivity index (χ0n) is 19.1. The van der Waals surface area contributed by atoms with Crippen LogP contribution in [0.2, 0.25) is 0 Å². The lowest BCUT2D eigenvalue weighted by Crippen LogP contribution is -2.51. The van der Waals surface area contributed by atoms with Gasteiger partial charge in [-0.3, -0.25) is 19.2 Å². The summed E-state index contributed by atoms with van der Waals surface area (Å²) in [6, 6.07) is 20.3. The summed E-state index contributed by atoms with van der Waals surface area (Å²) in [7, 11) is 1.52. The predicted molar refractivity (Wildman–Crippen MR) is 125 cm³/mol. The third-order valence-corrected chi connectivity index (χ3v) is 7.34. The van der Waals surface area contributed by atoms with Crippen molar-refractivity contribution in [2.45, 2.75) is 18.6 Å². The molecule has 0 N–H and O–H groups in total. The Morgan fingerprint density at radius 2 is 1.40 bits per heavy atom. The molecule has 3 aromatic rings. The van der Waals surface area contributed by atoms with Gasteiger partial charge in [-0.25, -0.2) is 4.90 Å². The van der Waals surface area contributed by atoms with E-state index < -0.39 is 46.9 Å². The van der Waals surface area contributed by atoms with E-state index in [2.05, 4.69) is 0 Å². The van der Waals surface area contributed by atoms with Crippen LogP contribution in [0.15, 0.2) is 72.8 Å². The van der Waals surface area contributed by atoms with Gasteiger partial charge in [0.2, 0.25) is 29.0 Å². The number of nitrogens with zero attached hydrogens (tertiary/aromatic N) is 1. The standard InChI is InChI=1S/C28H21NO6/c1-15-7-3-4-8-18(15)23-21-22(27(33)29(26(21)32)16-11-13-17(34-2)14-12-16)28(35-23)24(30)19-9-5-6-10-20(19)25(28)31/h3-14,21-23H,1-2H3/t21-,22+,23+/m0/s1. The molecular formula is C28H21NO6. The SMILES string of the molecule is COc1ccc(N2C(=O)[C@@H]3[C@@H](c4ccccc4C)OC4(C(=O)c5ccccc5C4=O)[C@H]3C2=O)cc1. The van der Waals surface area contributed by atoms with Crippen LogP contribution in [-0.2, 0) is 14.3 Å². The van der Waals surface area contributed by atoms with Crippen LogP contribution in [0.25, 0.3) is 0 Å². The van der Waals surface area contributed by atoms with Gasteiger partial charge in [-0.05, 0) is 42.3 Å². The van der Waals surface area contributed by atoms with Crippen LogP contribution in [0.3, 0.4) is 0 Å². The molecule has 7 nitrogen and oxygen atoms in total. The van der Waals surface area contributed by atoms with Gasteiger partial charge >= 0.3 is 0 Å². The van der Waals surface area contributed by atoms with Crippen molar-refractivity contribution < 1.29 is 28.7 Å². The smallest absolute Gasteiger partial charge is 0.241 e. The number of aryl methyl sites for hydroxylation is 1. The zero-order valence-corrected chi connectivity index (χ0v) is 19.1. The summed E-state index contributed by atoms with van der Waals surface area (Å²) in [4.78, 5) is 56.4. The second-order valence-electron chi connectivity index (χ2n) is 9.05. The number of imide groups is 1. The van der Waals surface area contributed by atoms with E-state index in [0.29, 0.717) is 17.0 Å². The van der Waals surface area contributed by atoms with E-state index in [-0.39, 0.29) is 11.1 Å². The highest BCUT2D eigenvalue weighted by Gasteiger charge is 2.74. The Hall–Kier alpha value is -4.10. The first kappa shape index (κ1) is 21.4. The van der Waals surface area contributed by atoms with Crippen molar-refractivity contribution in [1.29, 1.82) is 0 Å². The number of hydrogen-bond acceptors (Lipinski definition) is 6. The van der Waals surface area contributed by atoms with Crippen molar-refractivity contribution in [2.75, 3.05) is 12.0 Å². The molecule has 2 amide bonds. The molecule has 1 spiro atoms. The average Bonchev–Trinajstić information content (AvgIpc) is 3.44. The highest BCUT2D eigenvalue weighted by atomic mass is 16.5. The van der Waals surface area contributed by atoms with Gasteiger partial charge in [0.15, 0.2) is 0 Å². The van der Waals surface area contributed by atoms with E-state index in [9.17, 15) is 19.2 Å². The number of anilines is 1. The Bertz CT molecular complexity index is 1390. The van der Waals surface area contributed by atoms with Crippen LogP contribution in [-0.4, -0.2) is 36.1 Å². The second-order valence-corrected chi connectivity index (χ2v) is 9.05. The minimum absolute atomic E-state index is 0.213. The minimum atomic E-state index is -2.07. The Labute approximate surface area is 201 Å². The van der Waals surface area contributed by atoms with Gasteiger partial charge in [-0.1, -0.05) is 48.5 Å². The maximum atomic E-state index is 13.9. The van der Waals surface area contributed by atoms with Gasteiger partial charge < -0.3 is 9.47 Å². The van der Waals surface area contributed by atoms with E-state index in [0.717, 1.165) is 10.5 Å². The Morgan fingerprint density at radius 1 is 0.800 bits per heavy atom. The predicted octanol–water partition coefficient (Wildman–Crippen LogP) is 3.70. The summed E-state index contributed by atoms with van der Waals surface area (Å²) >= 11 is 0. The summed E-state index contributed by atoms with van der Waals surface area (Å²) in [5, 5.41) is 0. The highest BCUT2D eigenvalue weighted by molar-refractivity contribution is 6.37. The molecule has 6 rings (SSSR count). The first-order valence-corrected chi connectivity index (χ1v) is 11.3. The van der Waals surface area contributed by atoms with E-state index in [4.69, 9.17) is 9.47 Å². The lowest BCUT2D eigenvalue weighted by atomic mass is 9.77. The number of rotatable bonds is 3. The van der Waals surface area contributed by atoms with Crippen molar-refractivity contribution in [1.82, 2.24) is 0 Å². The van der Waals surface area contributed by atoms with E-state index in [1.54, 1.807) is 60.7 Å². The van der Waals surface area contributed by atoms with Crippen molar-refractivity contribution >= 4 is 29.1 Å². The van der Waals surface area contributed by atoms with Crippen LogP contribution in [0.5, 0.6) is 5.75 Å². The number of hydrogen-bond donors (Lipinski definition) is 0. The van der Waals surface area contributed by atoms with Crippen molar-refractivity contribution in [3.63, 3.8) is 0 Å². The average molecular weight is 467 g/mol. The number of Topliss-reactive ketones (excluding diaryl/α,β-unsaturated/α-hetero) is 2. The van der Waals surface area contributed by atoms with E-state index in [1.807, 2.05) is 19.1 Å². The van der Waals surface area contributed by atoms with Crippen LogP contribution in [0.1, 0.15) is 37.9 Å². The van der Waals surface area contributed by atoms with Crippen LogP contribution >= 0.6 is 0 Å². The van der Waals surface area contributed by atoms with Crippen molar-refractivity contribution in [3.05, 3.63) is 95.1 Å². The summed E-state index contributed by atoms with van der Waals surface area (Å²) in [6.07, 6.45) is -0.928. The van der Waals surface area contributed by atoms with Gasteiger partial charge in [0.05, 0.1) is 30.7 Å². The van der Waals surface area contributed by atoms with Gasteiger partial charge in [-0.15, -0.1) is 0 Å². The molecule has 0 aromatic heterocycles. The second kappa shape index (κ2) is 7.45. The number of carbonyl (C=O) groups is 4. The minimum Gasteiger partial charge on any atom is -0.497 e. The molecule has 2 aliphatic heterocycles. The first-order chi connectivity index (χ1) is 16.9. The van der Waals surface area contributed by atoms with E-state index in [1.165, 1.54) is 7.11 Å². The molecule has 1 aliphatic carbocycles. The molecule has 7 heteroatoms. The van der Waals surface area contributed by atoms with Crippen LogP contribution < -0.4 is 9.64 Å². The fraction of sp³-hybridized carbons (Fsp3) is 0.214. The molecule has 174 valence electrons. The first-order valence-electron chi connectivity index (χ1n) is 11.3. The van der Waals surface area contributed by atoms with Gasteiger partial charge in [-0.2, -0.15) is 0 Å². The molecule has 3 aliphatic rings. The Morgan fingerprint density at radius 3 is 2.00 bits per heavy atom. The lowest BCUT2D eigenvalue weighted by molar-refractivity contribution is -0.127. The summed E-state index contributed by atoms with van der Waals surface area (Å²) in [5.41, 5.74) is 0.217. The Kier molecular flexibility index (Phi) is 4.56. The molecule has 35 heavy (non-hydrogen) atoms. The summed E-state index contributed by atoms with van der Waals surface area (Å²) < 4.78 is 11.5. The van der Waals surface area contributed by atoms with Crippen LogP contribution in [0.4, 0.5) is 5.69 Å². The molecule has 0 unspecified atom stereocenters. The quantitative estimate of drug-likeness (QED) is 0.431. The normalized spacial score (nSPS) is 24.3. The monoisotopic (exact) mass is 467 g/mol. The lowest BCUT2D eigenvalue weighted by Gasteiger charge is -2.27. The van der Waals surface area contributed by atoms with Crippen molar-refractivity contribution in [2.24, 2.45) is 11.8 Å². The van der Waals surface area contributed by atoms with Crippen LogP contribution in [0, 0.1) is 18.8 Å². The Balaban J connectivity index is 1.54. The number of fused-ring (bicyclic) bond motifs is 3. The van der Waals surface area contributed by atoms with Gasteiger partial charge in [0.1, 0.15) is 5.75 Å². The fourth-order valence-corrected chi connectivity index (χ4v) is 5.69. The molecule has 0 saturated carbocycles. The molecule has 2 fully saturated rings. The molecule has 3 atom stereocenters. The number of ether oxygens (including phenoxy) is 2. The van der Waals surface area contributed by atoms with Crippen molar-refractivity contribution in [3.8, 4) is 5.75 Å². The molecule has 3 aromatic carbocycles. The van der Waals surface area contributed by atoms with Gasteiger partial charge in [0.25, 0.3) is 0 Å². The summed E-state index contributed by atoms with van der Waals surface area (Å²) in [5.74, 6) is -3.96. The number of ketones is 2. The molecule has 0 bridgehead atoms. The summed E-state index contributed by atoms with van der Waals surface area (Å²) in [6.45, 7) is 1.87. The topological polar surface area (TPSA) is 90.0 Å². The molecule has 2 saturated heterocycles. The number of carbonyl (C=O) groups excluding carboxylic acids is 4. The molecular weight excluding hydrogens is 446 g/mol. The fourth-order valence-electron chi connectivity index (χ4n) is 5.69. The highest BCUT2D eigenvalue weighted by Crippen LogP contribution is 2.58. The third-order valence-electron chi connectivity index (χ3n) is 7.34. The van der Waals surface area contributed by atoms with E-state index >= 15 is 0 Å². The number of amides is 2. The maximum absolute atomic E-state index is 13.9. The largest absolute Gasteiger partial charge is 0.497 e.